The zero-order chi connectivity index (χ0) is 17.8. The monoisotopic (exact) mass is 356 g/mol. The van der Waals surface area contributed by atoms with Crippen LogP contribution in [0.15, 0.2) is 53.1 Å². The van der Waals surface area contributed by atoms with Crippen molar-refractivity contribution in [2.45, 2.75) is 13.8 Å². The molecule has 0 aliphatic rings. The van der Waals surface area contributed by atoms with E-state index in [0.29, 0.717) is 23.1 Å². The zero-order valence-electron chi connectivity index (χ0n) is 13.9. The predicted molar refractivity (Wildman–Crippen MR) is 97.3 cm³/mol. The van der Waals surface area contributed by atoms with E-state index in [1.807, 2.05) is 38.1 Å². The van der Waals surface area contributed by atoms with E-state index in [4.69, 9.17) is 20.9 Å². The molecule has 0 saturated heterocycles. The minimum atomic E-state index is -0.355. The summed E-state index contributed by atoms with van der Waals surface area (Å²) < 4.78 is 10.7. The molecule has 0 aliphatic heterocycles. The third kappa shape index (κ3) is 3.83. The van der Waals surface area contributed by atoms with Crippen molar-refractivity contribution in [1.82, 2.24) is 5.16 Å². The first-order valence-corrected chi connectivity index (χ1v) is 8.22. The minimum absolute atomic E-state index is 0.197. The molecule has 0 unspecified atom stereocenters. The Morgan fingerprint density at radius 1 is 1.24 bits per heavy atom. The molecule has 128 valence electrons. The summed E-state index contributed by atoms with van der Waals surface area (Å²) in [7, 11) is 0. The highest BCUT2D eigenvalue weighted by Gasteiger charge is 2.15. The Morgan fingerprint density at radius 2 is 2.00 bits per heavy atom. The van der Waals surface area contributed by atoms with Crippen molar-refractivity contribution >= 4 is 23.2 Å². The summed E-state index contributed by atoms with van der Waals surface area (Å²) in [6, 6.07) is 14.3. The van der Waals surface area contributed by atoms with Crippen LogP contribution in [0.2, 0.25) is 5.02 Å². The van der Waals surface area contributed by atoms with Crippen molar-refractivity contribution < 1.29 is 14.1 Å². The molecule has 1 heterocycles. The fraction of sp³-hybridized carbons (Fsp3) is 0.158. The maximum atomic E-state index is 12.4. The fourth-order valence-electron chi connectivity index (χ4n) is 2.33. The summed E-state index contributed by atoms with van der Waals surface area (Å²) in [5.74, 6) is 0.933. The van der Waals surface area contributed by atoms with E-state index in [-0.39, 0.29) is 11.6 Å². The number of carbonyl (C=O) groups is 1. The molecule has 3 aromatic rings. The number of hydrogen-bond acceptors (Lipinski definition) is 4. The second kappa shape index (κ2) is 7.40. The SMILES string of the molecule is CCOc1ccc(-c2cc(C(=O)Nc3cccc(Cl)c3C)no2)cc1. The fourth-order valence-corrected chi connectivity index (χ4v) is 2.50. The van der Waals surface area contributed by atoms with E-state index < -0.39 is 0 Å². The number of ether oxygens (including phenoxy) is 1. The number of halogens is 1. The van der Waals surface area contributed by atoms with E-state index in [1.54, 1.807) is 24.3 Å². The predicted octanol–water partition coefficient (Wildman–Crippen LogP) is 4.95. The van der Waals surface area contributed by atoms with Crippen molar-refractivity contribution in [3.8, 4) is 17.1 Å². The first-order valence-electron chi connectivity index (χ1n) is 7.85. The maximum Gasteiger partial charge on any atom is 0.277 e. The first kappa shape index (κ1) is 17.0. The van der Waals surface area contributed by atoms with Gasteiger partial charge in [-0.15, -0.1) is 0 Å². The standard InChI is InChI=1S/C19H17ClN2O3/c1-3-24-14-9-7-13(8-10-14)18-11-17(22-25-18)19(23)21-16-6-4-5-15(20)12(16)2/h4-11H,3H2,1-2H3,(H,21,23). The van der Waals surface area contributed by atoms with Crippen molar-refractivity contribution in [2.24, 2.45) is 0 Å². The molecular formula is C19H17ClN2O3. The molecule has 0 bridgehead atoms. The molecule has 2 aromatic carbocycles. The lowest BCUT2D eigenvalue weighted by molar-refractivity contribution is 0.101. The molecule has 0 atom stereocenters. The molecule has 0 spiro atoms. The molecule has 0 radical (unpaired) electrons. The third-order valence-corrected chi connectivity index (χ3v) is 4.12. The molecule has 0 saturated carbocycles. The van der Waals surface area contributed by atoms with E-state index in [0.717, 1.165) is 16.9 Å². The Balaban J connectivity index is 1.76. The molecule has 25 heavy (non-hydrogen) atoms. The van der Waals surface area contributed by atoms with Crippen LogP contribution in [0.5, 0.6) is 5.75 Å². The number of amides is 1. The third-order valence-electron chi connectivity index (χ3n) is 3.71. The molecule has 6 heteroatoms. The topological polar surface area (TPSA) is 64.4 Å². The molecule has 1 aromatic heterocycles. The van der Waals surface area contributed by atoms with Gasteiger partial charge in [0.15, 0.2) is 11.5 Å². The largest absolute Gasteiger partial charge is 0.494 e. The second-order valence-electron chi connectivity index (χ2n) is 5.40. The molecular weight excluding hydrogens is 340 g/mol. The van der Waals surface area contributed by atoms with E-state index in [9.17, 15) is 4.79 Å². The molecule has 1 amide bonds. The van der Waals surface area contributed by atoms with Gasteiger partial charge in [-0.1, -0.05) is 22.8 Å². The van der Waals surface area contributed by atoms with Gasteiger partial charge in [-0.05, 0) is 55.8 Å². The summed E-state index contributed by atoms with van der Waals surface area (Å²) in [6.07, 6.45) is 0. The summed E-state index contributed by atoms with van der Waals surface area (Å²) in [6.45, 7) is 4.37. The highest BCUT2D eigenvalue weighted by molar-refractivity contribution is 6.31. The van der Waals surface area contributed by atoms with Gasteiger partial charge < -0.3 is 14.6 Å². The Morgan fingerprint density at radius 3 is 2.72 bits per heavy atom. The number of rotatable bonds is 5. The molecule has 0 aliphatic carbocycles. The number of hydrogen-bond donors (Lipinski definition) is 1. The Bertz CT molecular complexity index is 888. The molecule has 0 fully saturated rings. The number of aromatic nitrogens is 1. The quantitative estimate of drug-likeness (QED) is 0.702. The average Bonchev–Trinajstić information content (AvgIpc) is 3.10. The van der Waals surface area contributed by atoms with Crippen molar-refractivity contribution in [1.29, 1.82) is 0 Å². The zero-order valence-corrected chi connectivity index (χ0v) is 14.6. The molecule has 3 rings (SSSR count). The smallest absolute Gasteiger partial charge is 0.277 e. The van der Waals surface area contributed by atoms with Crippen LogP contribution in [0.4, 0.5) is 5.69 Å². The van der Waals surface area contributed by atoms with Gasteiger partial charge in [0.2, 0.25) is 0 Å². The Hall–Kier alpha value is -2.79. The van der Waals surface area contributed by atoms with E-state index in [2.05, 4.69) is 10.5 Å². The van der Waals surface area contributed by atoms with Gasteiger partial charge in [0.1, 0.15) is 5.75 Å². The van der Waals surface area contributed by atoms with Crippen LogP contribution in [0.25, 0.3) is 11.3 Å². The van der Waals surface area contributed by atoms with Crippen LogP contribution in [0, 0.1) is 6.92 Å². The lowest BCUT2D eigenvalue weighted by Crippen LogP contribution is -2.13. The minimum Gasteiger partial charge on any atom is -0.494 e. The van der Waals surface area contributed by atoms with Crippen LogP contribution in [0.3, 0.4) is 0 Å². The number of carbonyl (C=O) groups excluding carboxylic acids is 1. The maximum absolute atomic E-state index is 12.4. The lowest BCUT2D eigenvalue weighted by Gasteiger charge is -2.07. The highest BCUT2D eigenvalue weighted by Crippen LogP contribution is 2.25. The summed E-state index contributed by atoms with van der Waals surface area (Å²) in [4.78, 5) is 12.4. The van der Waals surface area contributed by atoms with E-state index in [1.165, 1.54) is 0 Å². The van der Waals surface area contributed by atoms with Gasteiger partial charge in [0.05, 0.1) is 6.61 Å². The summed E-state index contributed by atoms with van der Waals surface area (Å²) >= 11 is 6.07. The second-order valence-corrected chi connectivity index (χ2v) is 5.81. The van der Waals surface area contributed by atoms with Gasteiger partial charge >= 0.3 is 0 Å². The van der Waals surface area contributed by atoms with Crippen molar-refractivity contribution in [3.05, 3.63) is 64.8 Å². The lowest BCUT2D eigenvalue weighted by atomic mass is 10.1. The van der Waals surface area contributed by atoms with Crippen LogP contribution in [-0.4, -0.2) is 17.7 Å². The highest BCUT2D eigenvalue weighted by atomic mass is 35.5. The normalized spacial score (nSPS) is 10.5. The molecule has 1 N–H and O–H groups in total. The van der Waals surface area contributed by atoms with Crippen LogP contribution in [-0.2, 0) is 0 Å². The van der Waals surface area contributed by atoms with Crippen LogP contribution in [0.1, 0.15) is 23.0 Å². The Kier molecular flexibility index (Phi) is 5.05. The number of nitrogens with zero attached hydrogens (tertiary/aromatic N) is 1. The summed E-state index contributed by atoms with van der Waals surface area (Å²) in [5, 5.41) is 7.23. The van der Waals surface area contributed by atoms with Crippen LogP contribution >= 0.6 is 11.6 Å². The first-order chi connectivity index (χ1) is 12.1. The van der Waals surface area contributed by atoms with Gasteiger partial charge in [0, 0.05) is 22.3 Å². The number of benzene rings is 2. The average molecular weight is 357 g/mol. The van der Waals surface area contributed by atoms with Crippen LogP contribution < -0.4 is 10.1 Å². The van der Waals surface area contributed by atoms with Crippen molar-refractivity contribution in [3.63, 3.8) is 0 Å². The van der Waals surface area contributed by atoms with Gasteiger partial charge in [-0.2, -0.15) is 0 Å². The van der Waals surface area contributed by atoms with E-state index >= 15 is 0 Å². The number of nitrogens with one attached hydrogen (secondary N) is 1. The summed E-state index contributed by atoms with van der Waals surface area (Å²) in [5.41, 5.74) is 2.45. The molecule has 5 nitrogen and oxygen atoms in total. The van der Waals surface area contributed by atoms with Gasteiger partial charge in [0.25, 0.3) is 5.91 Å². The number of anilines is 1. The van der Waals surface area contributed by atoms with Gasteiger partial charge in [-0.3, -0.25) is 4.79 Å². The van der Waals surface area contributed by atoms with Gasteiger partial charge in [-0.25, -0.2) is 0 Å². The van der Waals surface area contributed by atoms with Crippen molar-refractivity contribution in [2.75, 3.05) is 11.9 Å². The Labute approximate surface area is 150 Å².